The quantitative estimate of drug-likeness (QED) is 0.880. The van der Waals surface area contributed by atoms with E-state index in [0.29, 0.717) is 0 Å². The highest BCUT2D eigenvalue weighted by atomic mass is 79.9. The van der Waals surface area contributed by atoms with Gasteiger partial charge in [-0.2, -0.15) is 0 Å². The van der Waals surface area contributed by atoms with Crippen molar-refractivity contribution >= 4 is 15.9 Å². The first-order valence-corrected chi connectivity index (χ1v) is 7.85. The molecule has 112 valence electrons. The lowest BCUT2D eigenvalue weighted by molar-refractivity contribution is 0.411. The molecule has 0 aliphatic rings. The van der Waals surface area contributed by atoms with Gasteiger partial charge in [0.25, 0.3) is 0 Å². The van der Waals surface area contributed by atoms with Gasteiger partial charge in [-0.25, -0.2) is 0 Å². The number of rotatable bonds is 5. The molecule has 0 aliphatic heterocycles. The maximum Gasteiger partial charge on any atom is 0.137 e. The number of nitrogens with one attached hydrogen (secondary N) is 1. The van der Waals surface area contributed by atoms with Crippen molar-refractivity contribution in [2.45, 2.75) is 26.8 Å². The van der Waals surface area contributed by atoms with Gasteiger partial charge in [-0.15, -0.1) is 0 Å². The number of methoxy groups -OCH3 is 1. The van der Waals surface area contributed by atoms with Crippen molar-refractivity contribution in [1.29, 1.82) is 0 Å². The number of ether oxygens (including phenoxy) is 1. The van der Waals surface area contributed by atoms with Crippen LogP contribution >= 0.6 is 15.9 Å². The zero-order valence-corrected chi connectivity index (χ0v) is 14.5. The van der Waals surface area contributed by atoms with E-state index in [1.807, 2.05) is 12.3 Å². The van der Waals surface area contributed by atoms with Crippen molar-refractivity contribution in [2.75, 3.05) is 13.7 Å². The summed E-state index contributed by atoms with van der Waals surface area (Å²) in [5, 5.41) is 3.53. The summed E-state index contributed by atoms with van der Waals surface area (Å²) >= 11 is 3.63. The number of benzene rings is 1. The summed E-state index contributed by atoms with van der Waals surface area (Å²) in [4.78, 5) is 4.27. The van der Waals surface area contributed by atoms with Gasteiger partial charge in [0.05, 0.1) is 19.3 Å². The highest BCUT2D eigenvalue weighted by Gasteiger charge is 2.16. The molecule has 3 nitrogen and oxygen atoms in total. The number of aromatic nitrogens is 1. The fourth-order valence-corrected chi connectivity index (χ4v) is 2.71. The molecule has 0 spiro atoms. The van der Waals surface area contributed by atoms with Crippen LogP contribution < -0.4 is 10.1 Å². The Morgan fingerprint density at radius 3 is 2.38 bits per heavy atom. The number of hydrogen-bond acceptors (Lipinski definition) is 3. The smallest absolute Gasteiger partial charge is 0.137 e. The molecule has 0 bridgehead atoms. The zero-order valence-electron chi connectivity index (χ0n) is 12.9. The van der Waals surface area contributed by atoms with E-state index in [0.717, 1.165) is 17.9 Å². The van der Waals surface area contributed by atoms with E-state index in [-0.39, 0.29) is 6.04 Å². The second-order valence-electron chi connectivity index (χ2n) is 5.12. The lowest BCUT2D eigenvalue weighted by atomic mass is 9.96. The molecule has 1 aromatic heterocycles. The standard InChI is InChI=1S/C17H21BrN2O/c1-5-20-17(14-8-15(21-4)10-19-9-14)13-6-11(2)16(18)12(3)7-13/h6-10,17,20H,5H2,1-4H3. The number of aryl methyl sites for hydroxylation is 2. The first kappa shape index (κ1) is 16.0. The van der Waals surface area contributed by atoms with Gasteiger partial charge in [0.15, 0.2) is 0 Å². The predicted molar refractivity (Wildman–Crippen MR) is 89.9 cm³/mol. The number of hydrogen-bond donors (Lipinski definition) is 1. The van der Waals surface area contributed by atoms with Crippen LogP contribution in [-0.4, -0.2) is 18.6 Å². The molecule has 21 heavy (non-hydrogen) atoms. The van der Waals surface area contributed by atoms with E-state index < -0.39 is 0 Å². The largest absolute Gasteiger partial charge is 0.495 e. The third-order valence-corrected chi connectivity index (χ3v) is 4.75. The maximum atomic E-state index is 5.29. The Morgan fingerprint density at radius 2 is 1.81 bits per heavy atom. The zero-order chi connectivity index (χ0) is 15.4. The first-order chi connectivity index (χ1) is 10.1. The SMILES string of the molecule is CCNC(c1cncc(OC)c1)c1cc(C)c(Br)c(C)c1. The Hall–Kier alpha value is -1.39. The molecule has 2 rings (SSSR count). The second kappa shape index (κ2) is 7.05. The number of halogens is 1. The minimum Gasteiger partial charge on any atom is -0.495 e. The van der Waals surface area contributed by atoms with Gasteiger partial charge in [0, 0.05) is 10.7 Å². The molecule has 0 saturated carbocycles. The van der Waals surface area contributed by atoms with Gasteiger partial charge >= 0.3 is 0 Å². The monoisotopic (exact) mass is 348 g/mol. The van der Waals surface area contributed by atoms with Crippen LogP contribution in [0.25, 0.3) is 0 Å². The molecular formula is C17H21BrN2O. The highest BCUT2D eigenvalue weighted by molar-refractivity contribution is 9.10. The van der Waals surface area contributed by atoms with Crippen LogP contribution in [0.15, 0.2) is 35.1 Å². The van der Waals surface area contributed by atoms with Crippen LogP contribution in [0.4, 0.5) is 0 Å². The average Bonchev–Trinajstić information content (AvgIpc) is 2.49. The molecule has 0 saturated heterocycles. The van der Waals surface area contributed by atoms with Crippen molar-refractivity contribution in [2.24, 2.45) is 0 Å². The van der Waals surface area contributed by atoms with E-state index in [1.54, 1.807) is 13.3 Å². The van der Waals surface area contributed by atoms with E-state index in [2.05, 4.69) is 59.1 Å². The summed E-state index contributed by atoms with van der Waals surface area (Å²) < 4.78 is 6.46. The van der Waals surface area contributed by atoms with Crippen molar-refractivity contribution in [1.82, 2.24) is 10.3 Å². The van der Waals surface area contributed by atoms with Crippen LogP contribution in [0, 0.1) is 13.8 Å². The third kappa shape index (κ3) is 3.63. The van der Waals surface area contributed by atoms with Crippen molar-refractivity contribution in [3.05, 3.63) is 57.3 Å². The van der Waals surface area contributed by atoms with Crippen LogP contribution in [0.1, 0.15) is 35.2 Å². The molecule has 0 aliphatic carbocycles. The van der Waals surface area contributed by atoms with Crippen LogP contribution in [0.2, 0.25) is 0 Å². The molecule has 0 radical (unpaired) electrons. The average molecular weight is 349 g/mol. The summed E-state index contributed by atoms with van der Waals surface area (Å²) in [7, 11) is 1.66. The Balaban J connectivity index is 2.47. The predicted octanol–water partition coefficient (Wildman–Crippen LogP) is 4.17. The molecule has 0 amide bonds. The summed E-state index contributed by atoms with van der Waals surface area (Å²) in [6, 6.07) is 6.57. The van der Waals surface area contributed by atoms with Gasteiger partial charge in [0.2, 0.25) is 0 Å². The number of nitrogens with zero attached hydrogens (tertiary/aromatic N) is 1. The van der Waals surface area contributed by atoms with Crippen LogP contribution in [0.3, 0.4) is 0 Å². The van der Waals surface area contributed by atoms with Crippen molar-refractivity contribution < 1.29 is 4.74 Å². The van der Waals surface area contributed by atoms with Crippen LogP contribution in [-0.2, 0) is 0 Å². The van der Waals surface area contributed by atoms with Gasteiger partial charge < -0.3 is 10.1 Å². The van der Waals surface area contributed by atoms with Gasteiger partial charge in [-0.05, 0) is 48.7 Å². The van der Waals surface area contributed by atoms with Crippen LogP contribution in [0.5, 0.6) is 5.75 Å². The third-order valence-electron chi connectivity index (χ3n) is 3.50. The van der Waals surface area contributed by atoms with Gasteiger partial charge in [0.1, 0.15) is 5.75 Å². The van der Waals surface area contributed by atoms with E-state index in [4.69, 9.17) is 4.74 Å². The minimum atomic E-state index is 0.114. The second-order valence-corrected chi connectivity index (χ2v) is 5.91. The topological polar surface area (TPSA) is 34.2 Å². The molecule has 1 unspecified atom stereocenters. The van der Waals surface area contributed by atoms with Crippen molar-refractivity contribution in [3.8, 4) is 5.75 Å². The Morgan fingerprint density at radius 1 is 1.14 bits per heavy atom. The summed E-state index contributed by atoms with van der Waals surface area (Å²) in [6.07, 6.45) is 3.62. The minimum absolute atomic E-state index is 0.114. The maximum absolute atomic E-state index is 5.29. The Kier molecular flexibility index (Phi) is 5.37. The Labute approximate surface area is 134 Å². The lowest BCUT2D eigenvalue weighted by Crippen LogP contribution is -2.22. The van der Waals surface area contributed by atoms with E-state index in [1.165, 1.54) is 21.2 Å². The molecule has 1 N–H and O–H groups in total. The Bertz CT molecular complexity index is 605. The molecule has 0 fully saturated rings. The van der Waals surface area contributed by atoms with E-state index >= 15 is 0 Å². The molecule has 1 aromatic carbocycles. The molecular weight excluding hydrogens is 328 g/mol. The summed E-state index contributed by atoms with van der Waals surface area (Å²) in [5.41, 5.74) is 4.83. The molecule has 4 heteroatoms. The fraction of sp³-hybridized carbons (Fsp3) is 0.353. The van der Waals surface area contributed by atoms with Gasteiger partial charge in [-0.1, -0.05) is 35.0 Å². The lowest BCUT2D eigenvalue weighted by Gasteiger charge is -2.21. The number of pyridine rings is 1. The van der Waals surface area contributed by atoms with Gasteiger partial charge in [-0.3, -0.25) is 4.98 Å². The molecule has 2 aromatic rings. The molecule has 1 heterocycles. The summed E-state index contributed by atoms with van der Waals surface area (Å²) in [6.45, 7) is 7.23. The molecule has 1 atom stereocenters. The first-order valence-electron chi connectivity index (χ1n) is 7.05. The highest BCUT2D eigenvalue weighted by Crippen LogP contribution is 2.29. The van der Waals surface area contributed by atoms with E-state index in [9.17, 15) is 0 Å². The fourth-order valence-electron chi connectivity index (χ4n) is 2.48. The van der Waals surface area contributed by atoms with Crippen molar-refractivity contribution in [3.63, 3.8) is 0 Å². The normalized spacial score (nSPS) is 12.2. The summed E-state index contributed by atoms with van der Waals surface area (Å²) in [5.74, 6) is 0.779.